The number of morpholine rings is 1. The second kappa shape index (κ2) is 2.70. The van der Waals surface area contributed by atoms with Crippen molar-refractivity contribution in [2.45, 2.75) is 38.0 Å². The molecule has 2 fully saturated rings. The number of hydrogen-bond donors (Lipinski definition) is 1. The highest BCUT2D eigenvalue weighted by molar-refractivity contribution is 5.91. The molecule has 2 rings (SSSR count). The molecule has 0 aromatic heterocycles. The van der Waals surface area contributed by atoms with E-state index in [4.69, 9.17) is 9.84 Å². The molecular formula is C9H13NO4. The smallest absolute Gasteiger partial charge is 0.329 e. The van der Waals surface area contributed by atoms with Gasteiger partial charge in [0, 0.05) is 6.42 Å². The Balaban J connectivity index is 2.27. The number of ether oxygens (including phenoxy) is 1. The van der Waals surface area contributed by atoms with Crippen LogP contribution in [0.2, 0.25) is 0 Å². The van der Waals surface area contributed by atoms with E-state index in [1.165, 1.54) is 4.90 Å². The number of likely N-dealkylation sites (tertiary alicyclic amines) is 1. The molecule has 2 bridgehead atoms. The Morgan fingerprint density at radius 2 is 2.29 bits per heavy atom. The average Bonchev–Trinajstić information content (AvgIpc) is 2.62. The lowest BCUT2D eigenvalue weighted by atomic mass is 10.0. The Bertz CT molecular complexity index is 299. The maximum atomic E-state index is 11.7. The van der Waals surface area contributed by atoms with Crippen molar-refractivity contribution >= 4 is 11.9 Å². The van der Waals surface area contributed by atoms with Crippen LogP contribution >= 0.6 is 0 Å². The van der Waals surface area contributed by atoms with E-state index in [1.54, 1.807) is 13.8 Å². The number of carbonyl (C=O) groups is 2. The number of fused-ring (bicyclic) bond motifs is 2. The second-order valence-corrected chi connectivity index (χ2v) is 4.28. The Labute approximate surface area is 81.6 Å². The van der Waals surface area contributed by atoms with Crippen molar-refractivity contribution in [3.05, 3.63) is 0 Å². The fourth-order valence-electron chi connectivity index (χ4n) is 2.13. The number of rotatable bonds is 2. The summed E-state index contributed by atoms with van der Waals surface area (Å²) in [5.74, 6) is -1.16. The van der Waals surface area contributed by atoms with Crippen LogP contribution in [-0.4, -0.2) is 46.2 Å². The summed E-state index contributed by atoms with van der Waals surface area (Å²) in [4.78, 5) is 24.1. The van der Waals surface area contributed by atoms with Crippen LogP contribution in [0.15, 0.2) is 0 Å². The van der Waals surface area contributed by atoms with Gasteiger partial charge in [0.1, 0.15) is 11.6 Å². The van der Waals surface area contributed by atoms with E-state index < -0.39 is 17.6 Å². The van der Waals surface area contributed by atoms with Gasteiger partial charge in [-0.2, -0.15) is 0 Å². The Hall–Kier alpha value is -1.10. The van der Waals surface area contributed by atoms with Crippen molar-refractivity contribution in [3.63, 3.8) is 0 Å². The zero-order valence-corrected chi connectivity index (χ0v) is 8.19. The van der Waals surface area contributed by atoms with E-state index in [1.807, 2.05) is 0 Å². The monoisotopic (exact) mass is 199 g/mol. The van der Waals surface area contributed by atoms with Gasteiger partial charge in [-0.1, -0.05) is 0 Å². The molecule has 2 aliphatic rings. The van der Waals surface area contributed by atoms with E-state index in [2.05, 4.69) is 0 Å². The lowest BCUT2D eigenvalue weighted by molar-refractivity contribution is -0.164. The molecule has 0 saturated carbocycles. The molecule has 2 saturated heterocycles. The highest BCUT2D eigenvalue weighted by atomic mass is 16.5. The topological polar surface area (TPSA) is 66.8 Å². The van der Waals surface area contributed by atoms with E-state index >= 15 is 0 Å². The normalized spacial score (nSPS) is 31.3. The van der Waals surface area contributed by atoms with Crippen LogP contribution < -0.4 is 0 Å². The summed E-state index contributed by atoms with van der Waals surface area (Å²) in [7, 11) is 0. The van der Waals surface area contributed by atoms with Crippen molar-refractivity contribution in [2.75, 3.05) is 6.61 Å². The van der Waals surface area contributed by atoms with Crippen LogP contribution in [0.5, 0.6) is 0 Å². The van der Waals surface area contributed by atoms with Gasteiger partial charge in [0.05, 0.1) is 12.6 Å². The largest absolute Gasteiger partial charge is 0.480 e. The van der Waals surface area contributed by atoms with E-state index in [0.29, 0.717) is 13.0 Å². The third-order valence-corrected chi connectivity index (χ3v) is 2.98. The number of nitrogens with zero attached hydrogens (tertiary/aromatic N) is 1. The van der Waals surface area contributed by atoms with Gasteiger partial charge < -0.3 is 14.7 Å². The minimum Gasteiger partial charge on any atom is -0.480 e. The molecule has 5 nitrogen and oxygen atoms in total. The molecule has 0 aliphatic carbocycles. The zero-order chi connectivity index (χ0) is 10.5. The van der Waals surface area contributed by atoms with Gasteiger partial charge in [-0.3, -0.25) is 4.79 Å². The van der Waals surface area contributed by atoms with Crippen molar-refractivity contribution in [1.82, 2.24) is 4.90 Å². The van der Waals surface area contributed by atoms with E-state index in [0.717, 1.165) is 0 Å². The Morgan fingerprint density at radius 1 is 1.64 bits per heavy atom. The molecule has 14 heavy (non-hydrogen) atoms. The molecule has 2 aliphatic heterocycles. The van der Waals surface area contributed by atoms with Gasteiger partial charge in [-0.15, -0.1) is 0 Å². The summed E-state index contributed by atoms with van der Waals surface area (Å²) >= 11 is 0. The number of aliphatic carboxylic acids is 1. The standard InChI is InChI=1S/C9H13NO4/c1-9(2,8(12)13)10-5-3-6(7(10)11)14-4-5/h5-6H,3-4H2,1-2H3,(H,12,13). The third-order valence-electron chi connectivity index (χ3n) is 2.98. The zero-order valence-electron chi connectivity index (χ0n) is 8.19. The van der Waals surface area contributed by atoms with Crippen LogP contribution in [0.3, 0.4) is 0 Å². The molecule has 0 radical (unpaired) electrons. The van der Waals surface area contributed by atoms with Gasteiger partial charge in [-0.25, -0.2) is 4.79 Å². The van der Waals surface area contributed by atoms with Crippen LogP contribution in [0.25, 0.3) is 0 Å². The van der Waals surface area contributed by atoms with Crippen molar-refractivity contribution in [2.24, 2.45) is 0 Å². The van der Waals surface area contributed by atoms with E-state index in [9.17, 15) is 9.59 Å². The average molecular weight is 199 g/mol. The molecule has 2 heterocycles. The molecular weight excluding hydrogens is 186 g/mol. The second-order valence-electron chi connectivity index (χ2n) is 4.28. The molecule has 78 valence electrons. The minimum atomic E-state index is -1.12. The molecule has 2 atom stereocenters. The summed E-state index contributed by atoms with van der Waals surface area (Å²) in [5.41, 5.74) is -1.12. The predicted molar refractivity (Wildman–Crippen MR) is 46.7 cm³/mol. The molecule has 1 amide bonds. The van der Waals surface area contributed by atoms with Crippen LogP contribution in [0.1, 0.15) is 20.3 Å². The lowest BCUT2D eigenvalue weighted by Gasteiger charge is -2.37. The first-order valence-corrected chi connectivity index (χ1v) is 4.63. The molecule has 1 N–H and O–H groups in total. The van der Waals surface area contributed by atoms with Crippen LogP contribution in [-0.2, 0) is 14.3 Å². The highest BCUT2D eigenvalue weighted by Gasteiger charge is 2.53. The van der Waals surface area contributed by atoms with Crippen molar-refractivity contribution in [3.8, 4) is 0 Å². The first-order valence-electron chi connectivity index (χ1n) is 4.63. The van der Waals surface area contributed by atoms with Gasteiger partial charge in [0.25, 0.3) is 5.91 Å². The summed E-state index contributed by atoms with van der Waals surface area (Å²) in [6.07, 6.45) is 0.230. The van der Waals surface area contributed by atoms with Gasteiger partial charge >= 0.3 is 5.97 Å². The van der Waals surface area contributed by atoms with Gasteiger partial charge in [0.15, 0.2) is 0 Å². The minimum absolute atomic E-state index is 0.0569. The number of amides is 1. The SMILES string of the molecule is CC(C)(C(=O)O)N1C(=O)C2CC1CO2. The van der Waals surface area contributed by atoms with Crippen molar-refractivity contribution in [1.29, 1.82) is 0 Å². The molecule has 0 aromatic rings. The number of carbonyl (C=O) groups excluding carboxylic acids is 1. The molecule has 2 unspecified atom stereocenters. The predicted octanol–water partition coefficient (Wildman–Crippen LogP) is -0.151. The Kier molecular flexibility index (Phi) is 1.82. The first-order chi connectivity index (χ1) is 6.44. The third kappa shape index (κ3) is 1.05. The van der Waals surface area contributed by atoms with E-state index in [-0.39, 0.29) is 11.9 Å². The quantitative estimate of drug-likeness (QED) is 0.671. The number of carboxylic acid groups (broad SMARTS) is 1. The maximum Gasteiger partial charge on any atom is 0.329 e. The van der Waals surface area contributed by atoms with Crippen molar-refractivity contribution < 1.29 is 19.4 Å². The Morgan fingerprint density at radius 3 is 2.71 bits per heavy atom. The highest BCUT2D eigenvalue weighted by Crippen LogP contribution is 2.34. The molecule has 5 heteroatoms. The van der Waals surface area contributed by atoms with Crippen LogP contribution in [0, 0.1) is 0 Å². The number of carboxylic acids is 1. The molecule has 0 spiro atoms. The fourth-order valence-corrected chi connectivity index (χ4v) is 2.13. The number of hydrogen-bond acceptors (Lipinski definition) is 3. The summed E-state index contributed by atoms with van der Waals surface area (Å²) in [6, 6.07) is -0.0569. The fraction of sp³-hybridized carbons (Fsp3) is 0.778. The summed E-state index contributed by atoms with van der Waals surface area (Å²) in [5, 5.41) is 9.01. The van der Waals surface area contributed by atoms with Crippen LogP contribution in [0.4, 0.5) is 0 Å². The maximum absolute atomic E-state index is 11.7. The lowest BCUT2D eigenvalue weighted by Crippen LogP contribution is -2.57. The summed E-state index contributed by atoms with van der Waals surface area (Å²) < 4.78 is 5.19. The first kappa shape index (κ1) is 9.45. The van der Waals surface area contributed by atoms with Gasteiger partial charge in [-0.05, 0) is 13.8 Å². The van der Waals surface area contributed by atoms with Gasteiger partial charge in [0.2, 0.25) is 0 Å². The summed E-state index contributed by atoms with van der Waals surface area (Å²) in [6.45, 7) is 3.56. The molecule has 0 aromatic carbocycles.